The lowest BCUT2D eigenvalue weighted by Crippen LogP contribution is -2.40. The Morgan fingerprint density at radius 2 is 1.90 bits per heavy atom. The second kappa shape index (κ2) is 9.32. The molecule has 1 amide bonds. The number of hydrogen-bond donors (Lipinski definition) is 1. The van der Waals surface area contributed by atoms with E-state index < -0.39 is 10.2 Å². The number of rotatable bonds is 6. The van der Waals surface area contributed by atoms with Gasteiger partial charge in [-0.1, -0.05) is 4.21 Å². The third-order valence-corrected chi connectivity index (χ3v) is 5.97. The van der Waals surface area contributed by atoms with Gasteiger partial charge < -0.3 is 14.4 Å². The van der Waals surface area contributed by atoms with Crippen molar-refractivity contribution >= 4 is 16.3 Å². The summed E-state index contributed by atoms with van der Waals surface area (Å²) in [6.07, 6.45) is 5.96. The molecule has 156 valence electrons. The second-order valence-electron chi connectivity index (χ2n) is 7.01. The average Bonchev–Trinajstić information content (AvgIpc) is 2.73. The van der Waals surface area contributed by atoms with E-state index in [1.165, 1.54) is 6.26 Å². The summed E-state index contributed by atoms with van der Waals surface area (Å²) in [5.41, 5.74) is 1.47. The maximum absolute atomic E-state index is 11.7. The molecule has 2 heterocycles. The van der Waals surface area contributed by atoms with Crippen molar-refractivity contribution in [2.45, 2.75) is 24.7 Å². The van der Waals surface area contributed by atoms with Crippen LogP contribution >= 0.6 is 0 Å². The highest BCUT2D eigenvalue weighted by molar-refractivity contribution is 7.97. The Bertz CT molecular complexity index is 859. The third kappa shape index (κ3) is 5.74. The minimum absolute atomic E-state index is 0.248. The summed E-state index contributed by atoms with van der Waals surface area (Å²) in [5.74, 6) is 0.808. The molecule has 1 aliphatic heterocycles. The van der Waals surface area contributed by atoms with Gasteiger partial charge in [-0.2, -0.15) is 4.55 Å². The van der Waals surface area contributed by atoms with Crippen molar-refractivity contribution in [2.24, 2.45) is 5.92 Å². The van der Waals surface area contributed by atoms with Crippen LogP contribution in [0.3, 0.4) is 0 Å². The normalized spacial score (nSPS) is 16.9. The highest BCUT2D eigenvalue weighted by Gasteiger charge is 2.24. The standard InChI is InChI=1S/C20H25N3O5S/c1-3-27-20(24)23-10-8-15(9-11-23)14-28-19-13-21-18(12-22-19)16-4-6-17(7-5-16)29(2,25)26/h4-7,12-13,15H,3,8-11,14H2,1-2H3/p+1. The Balaban J connectivity index is 1.50. The molecule has 8 nitrogen and oxygen atoms in total. The van der Waals surface area contributed by atoms with Crippen LogP contribution in [0.5, 0.6) is 5.88 Å². The molecule has 1 fully saturated rings. The van der Waals surface area contributed by atoms with Gasteiger partial charge in [-0.05, 0) is 49.9 Å². The minimum Gasteiger partial charge on any atom is -0.476 e. The Morgan fingerprint density at radius 1 is 1.21 bits per heavy atom. The summed E-state index contributed by atoms with van der Waals surface area (Å²) in [5, 5.41) is 0. The van der Waals surface area contributed by atoms with Crippen LogP contribution in [0, 0.1) is 5.92 Å². The Hall–Kier alpha value is -2.52. The van der Waals surface area contributed by atoms with Gasteiger partial charge in [0.15, 0.2) is 4.90 Å². The molecule has 2 aromatic rings. The van der Waals surface area contributed by atoms with Crippen LogP contribution in [0.15, 0.2) is 41.6 Å². The van der Waals surface area contributed by atoms with Gasteiger partial charge in [0.1, 0.15) is 6.26 Å². The SMILES string of the molecule is CCOC(=O)N1CCC(COc2cnc(-c3ccc([S+](C)(=O)O)cc3)cn2)CC1. The van der Waals surface area contributed by atoms with E-state index in [0.29, 0.717) is 48.7 Å². The van der Waals surface area contributed by atoms with Crippen LogP contribution in [0.1, 0.15) is 19.8 Å². The number of amides is 1. The average molecular weight is 421 g/mol. The van der Waals surface area contributed by atoms with E-state index >= 15 is 0 Å². The first-order valence-corrected chi connectivity index (χ1v) is 11.5. The number of hydrogen-bond acceptors (Lipinski definition) is 6. The van der Waals surface area contributed by atoms with E-state index in [1.54, 1.807) is 48.5 Å². The number of benzene rings is 1. The van der Waals surface area contributed by atoms with E-state index in [4.69, 9.17) is 9.47 Å². The summed E-state index contributed by atoms with van der Waals surface area (Å²) in [7, 11) is -2.97. The first-order chi connectivity index (χ1) is 13.9. The van der Waals surface area contributed by atoms with Crippen molar-refractivity contribution in [3.8, 4) is 17.1 Å². The van der Waals surface area contributed by atoms with Crippen LogP contribution < -0.4 is 4.74 Å². The van der Waals surface area contributed by atoms with E-state index in [9.17, 15) is 13.6 Å². The molecule has 0 aliphatic carbocycles. The number of likely N-dealkylation sites (tertiary alicyclic amines) is 1. The van der Waals surface area contributed by atoms with Crippen LogP contribution in [-0.4, -0.2) is 58.1 Å². The lowest BCUT2D eigenvalue weighted by Gasteiger charge is -2.30. The molecule has 1 aromatic heterocycles. The molecule has 1 atom stereocenters. The third-order valence-electron chi connectivity index (χ3n) is 4.82. The van der Waals surface area contributed by atoms with E-state index in [1.807, 2.05) is 0 Å². The lowest BCUT2D eigenvalue weighted by molar-refractivity contribution is 0.0840. The maximum Gasteiger partial charge on any atom is 0.409 e. The van der Waals surface area contributed by atoms with Gasteiger partial charge in [0.25, 0.3) is 0 Å². The molecule has 1 aliphatic rings. The van der Waals surface area contributed by atoms with Gasteiger partial charge in [-0.15, -0.1) is 0 Å². The molecular formula is C20H26N3O5S+. The fraction of sp³-hybridized carbons (Fsp3) is 0.450. The highest BCUT2D eigenvalue weighted by Crippen LogP contribution is 2.22. The van der Waals surface area contributed by atoms with Gasteiger partial charge in [-0.3, -0.25) is 0 Å². The molecule has 1 aromatic carbocycles. The number of carbonyl (C=O) groups is 1. The van der Waals surface area contributed by atoms with Crippen LogP contribution in [-0.2, 0) is 19.2 Å². The van der Waals surface area contributed by atoms with E-state index in [0.717, 1.165) is 18.4 Å². The second-order valence-corrected chi connectivity index (χ2v) is 9.08. The molecule has 3 rings (SSSR count). The van der Waals surface area contributed by atoms with Crippen LogP contribution in [0.25, 0.3) is 11.3 Å². The molecule has 1 unspecified atom stereocenters. The van der Waals surface area contributed by atoms with Crippen molar-refractivity contribution < 1.29 is 23.0 Å². The number of carbonyl (C=O) groups excluding carboxylic acids is 1. The van der Waals surface area contributed by atoms with Gasteiger partial charge in [0.05, 0.1) is 31.3 Å². The van der Waals surface area contributed by atoms with Crippen molar-refractivity contribution in [1.29, 1.82) is 0 Å². The van der Waals surface area contributed by atoms with Crippen LogP contribution in [0.4, 0.5) is 4.79 Å². The van der Waals surface area contributed by atoms with Crippen molar-refractivity contribution in [3.63, 3.8) is 0 Å². The number of piperidine rings is 1. The van der Waals surface area contributed by atoms with Crippen molar-refractivity contribution in [3.05, 3.63) is 36.7 Å². The van der Waals surface area contributed by atoms with Crippen molar-refractivity contribution in [2.75, 3.05) is 32.6 Å². The predicted octanol–water partition coefficient (Wildman–Crippen LogP) is 3.35. The Morgan fingerprint density at radius 3 is 2.45 bits per heavy atom. The largest absolute Gasteiger partial charge is 0.476 e. The fourth-order valence-electron chi connectivity index (χ4n) is 3.12. The zero-order valence-corrected chi connectivity index (χ0v) is 17.4. The first kappa shape index (κ1) is 21.2. The highest BCUT2D eigenvalue weighted by atomic mass is 32.3. The van der Waals surface area contributed by atoms with E-state index in [-0.39, 0.29) is 6.09 Å². The summed E-state index contributed by atoms with van der Waals surface area (Å²) in [6.45, 7) is 4.07. The summed E-state index contributed by atoms with van der Waals surface area (Å²) in [4.78, 5) is 22.5. The fourth-order valence-corrected chi connectivity index (χ4v) is 3.76. The molecule has 0 bridgehead atoms. The number of ether oxygens (including phenoxy) is 2. The van der Waals surface area contributed by atoms with E-state index in [2.05, 4.69) is 9.97 Å². The molecule has 1 N–H and O–H groups in total. The summed E-state index contributed by atoms with van der Waals surface area (Å²) in [6, 6.07) is 6.73. The van der Waals surface area contributed by atoms with Gasteiger partial charge >= 0.3 is 6.09 Å². The van der Waals surface area contributed by atoms with Crippen LogP contribution in [0.2, 0.25) is 0 Å². The zero-order valence-electron chi connectivity index (χ0n) is 16.6. The monoisotopic (exact) mass is 420 g/mol. The molecular weight excluding hydrogens is 394 g/mol. The van der Waals surface area contributed by atoms with Crippen molar-refractivity contribution in [1.82, 2.24) is 14.9 Å². The smallest absolute Gasteiger partial charge is 0.409 e. The number of nitrogens with zero attached hydrogens (tertiary/aromatic N) is 3. The molecule has 9 heteroatoms. The Kier molecular flexibility index (Phi) is 6.81. The molecule has 0 saturated carbocycles. The molecule has 0 radical (unpaired) electrons. The molecule has 29 heavy (non-hydrogen) atoms. The predicted molar refractivity (Wildman–Crippen MR) is 109 cm³/mol. The minimum atomic E-state index is -2.97. The first-order valence-electron chi connectivity index (χ1n) is 9.55. The Labute approximate surface area is 171 Å². The summed E-state index contributed by atoms with van der Waals surface area (Å²) >= 11 is 0. The van der Waals surface area contributed by atoms with Gasteiger partial charge in [-0.25, -0.2) is 14.8 Å². The summed E-state index contributed by atoms with van der Waals surface area (Å²) < 4.78 is 32.0. The topological polar surface area (TPSA) is 102 Å². The van der Waals surface area contributed by atoms with Gasteiger partial charge in [0, 0.05) is 18.7 Å². The molecule has 1 saturated heterocycles. The molecule has 0 spiro atoms. The zero-order chi connectivity index (χ0) is 20.9. The quantitative estimate of drug-likeness (QED) is 0.715. The number of aromatic nitrogens is 2. The maximum atomic E-state index is 11.7. The lowest BCUT2D eigenvalue weighted by atomic mass is 9.98. The van der Waals surface area contributed by atoms with Gasteiger partial charge in [0.2, 0.25) is 16.1 Å².